The molecule has 0 unspecified atom stereocenters. The Bertz CT molecular complexity index is 781. The van der Waals surface area contributed by atoms with Crippen molar-refractivity contribution in [3.63, 3.8) is 0 Å². The van der Waals surface area contributed by atoms with Crippen molar-refractivity contribution >= 4 is 36.7 Å². The first-order valence-corrected chi connectivity index (χ1v) is 7.01. The van der Waals surface area contributed by atoms with Crippen LogP contribution in [0.4, 0.5) is 14.6 Å². The smallest absolute Gasteiger partial charge is 0.387 e. The topological polar surface area (TPSA) is 51.5 Å². The van der Waals surface area contributed by atoms with Crippen molar-refractivity contribution < 1.29 is 13.5 Å². The fourth-order valence-corrected chi connectivity index (χ4v) is 2.47. The van der Waals surface area contributed by atoms with Gasteiger partial charge in [-0.15, -0.1) is 0 Å². The summed E-state index contributed by atoms with van der Waals surface area (Å²) in [6, 6.07) is 9.82. The first kappa shape index (κ1) is 14.6. The average Bonchev–Trinajstić information content (AvgIpc) is 2.88. The number of alkyl halides is 2. The van der Waals surface area contributed by atoms with E-state index in [0.29, 0.717) is 11.4 Å². The van der Waals surface area contributed by atoms with Crippen molar-refractivity contribution in [3.8, 4) is 5.75 Å². The van der Waals surface area contributed by atoms with Crippen LogP contribution in [0.3, 0.4) is 0 Å². The SMILES string of the molecule is [B]c1ccc2c(NSc3ccc(OC(F)F)cc3)ncnn12. The first-order chi connectivity index (χ1) is 10.6. The Morgan fingerprint density at radius 2 is 1.95 bits per heavy atom. The third kappa shape index (κ3) is 3.14. The molecule has 3 rings (SSSR count). The molecular weight excluding hydrogens is 309 g/mol. The van der Waals surface area contributed by atoms with Crippen LogP contribution >= 0.6 is 11.9 Å². The standard InChI is InChI=1S/C13H9BF2N4OS/c14-11-6-5-10-12(17-7-18-20(10)11)19-22-9-3-1-8(2-4-9)21-13(15)16/h1-7,13H,(H,17,18,19). The maximum atomic E-state index is 12.1. The zero-order chi connectivity index (χ0) is 15.5. The number of benzene rings is 1. The van der Waals surface area contributed by atoms with Gasteiger partial charge in [-0.2, -0.15) is 13.9 Å². The largest absolute Gasteiger partial charge is 0.435 e. The molecule has 0 saturated heterocycles. The average molecular weight is 318 g/mol. The summed E-state index contributed by atoms with van der Waals surface area (Å²) in [4.78, 5) is 4.97. The van der Waals surface area contributed by atoms with Gasteiger partial charge in [0.2, 0.25) is 0 Å². The third-order valence-corrected chi connectivity index (χ3v) is 3.60. The van der Waals surface area contributed by atoms with Gasteiger partial charge in [0.05, 0.1) is 0 Å². The van der Waals surface area contributed by atoms with Gasteiger partial charge < -0.3 is 9.46 Å². The summed E-state index contributed by atoms with van der Waals surface area (Å²) in [7, 11) is 5.77. The highest BCUT2D eigenvalue weighted by atomic mass is 32.2. The third-order valence-electron chi connectivity index (χ3n) is 2.80. The Morgan fingerprint density at radius 3 is 2.68 bits per heavy atom. The number of anilines is 1. The molecule has 9 heteroatoms. The number of hydrogen-bond acceptors (Lipinski definition) is 5. The van der Waals surface area contributed by atoms with Gasteiger partial charge in [-0.3, -0.25) is 0 Å². The van der Waals surface area contributed by atoms with Crippen LogP contribution in [0, 0.1) is 0 Å². The lowest BCUT2D eigenvalue weighted by Crippen LogP contribution is -2.12. The Balaban J connectivity index is 1.71. The van der Waals surface area contributed by atoms with Crippen LogP contribution in [0.25, 0.3) is 5.52 Å². The summed E-state index contributed by atoms with van der Waals surface area (Å²) >= 11 is 1.29. The molecule has 0 atom stereocenters. The van der Waals surface area contributed by atoms with E-state index >= 15 is 0 Å². The van der Waals surface area contributed by atoms with Crippen molar-refractivity contribution in [2.75, 3.05) is 4.72 Å². The molecule has 1 aromatic carbocycles. The van der Waals surface area contributed by atoms with Crippen LogP contribution < -0.4 is 15.1 Å². The van der Waals surface area contributed by atoms with E-state index < -0.39 is 6.61 Å². The second-order valence-electron chi connectivity index (χ2n) is 4.22. The molecule has 0 spiro atoms. The maximum Gasteiger partial charge on any atom is 0.387 e. The van der Waals surface area contributed by atoms with Crippen molar-refractivity contribution in [2.24, 2.45) is 0 Å². The Hall–Kier alpha value is -2.29. The Labute approximate surface area is 130 Å². The van der Waals surface area contributed by atoms with Gasteiger partial charge in [-0.1, -0.05) is 0 Å². The van der Waals surface area contributed by atoms with E-state index in [1.165, 1.54) is 30.4 Å². The molecule has 0 amide bonds. The van der Waals surface area contributed by atoms with Crippen LogP contribution in [-0.2, 0) is 0 Å². The molecule has 0 aliphatic heterocycles. The van der Waals surface area contributed by atoms with Crippen LogP contribution in [0.5, 0.6) is 5.75 Å². The number of aromatic nitrogens is 3. The minimum absolute atomic E-state index is 0.114. The normalized spacial score (nSPS) is 11.0. The van der Waals surface area contributed by atoms with Crippen LogP contribution in [0.1, 0.15) is 0 Å². The second-order valence-corrected chi connectivity index (χ2v) is 5.10. The van der Waals surface area contributed by atoms with E-state index in [-0.39, 0.29) is 5.75 Å². The highest BCUT2D eigenvalue weighted by Crippen LogP contribution is 2.24. The summed E-state index contributed by atoms with van der Waals surface area (Å²) in [5.41, 5.74) is 1.25. The molecular formula is C13H9BF2N4OS. The van der Waals surface area contributed by atoms with Crippen molar-refractivity contribution in [3.05, 3.63) is 42.7 Å². The van der Waals surface area contributed by atoms with Gasteiger partial charge in [0.1, 0.15) is 25.4 Å². The minimum atomic E-state index is -2.83. The van der Waals surface area contributed by atoms with Crippen LogP contribution in [0.2, 0.25) is 0 Å². The summed E-state index contributed by atoms with van der Waals surface area (Å²) in [5.74, 6) is 0.716. The molecule has 110 valence electrons. The minimum Gasteiger partial charge on any atom is -0.435 e. The zero-order valence-electron chi connectivity index (χ0n) is 11.1. The molecule has 22 heavy (non-hydrogen) atoms. The molecule has 0 aliphatic carbocycles. The number of nitrogens with one attached hydrogen (secondary N) is 1. The molecule has 2 aromatic heterocycles. The van der Waals surface area contributed by atoms with Crippen molar-refractivity contribution in [1.29, 1.82) is 0 Å². The lowest BCUT2D eigenvalue weighted by molar-refractivity contribution is -0.0498. The number of rotatable bonds is 5. The van der Waals surface area contributed by atoms with Gasteiger partial charge in [0.15, 0.2) is 5.82 Å². The maximum absolute atomic E-state index is 12.1. The number of ether oxygens (including phenoxy) is 1. The van der Waals surface area contributed by atoms with Crippen LogP contribution in [0.15, 0.2) is 47.6 Å². The lowest BCUT2D eigenvalue weighted by atomic mass is 10.1. The summed E-state index contributed by atoms with van der Waals surface area (Å²) in [5, 5.41) is 4.04. The Morgan fingerprint density at radius 1 is 1.18 bits per heavy atom. The molecule has 5 nitrogen and oxygen atoms in total. The van der Waals surface area contributed by atoms with Crippen molar-refractivity contribution in [2.45, 2.75) is 11.5 Å². The molecule has 0 fully saturated rings. The summed E-state index contributed by atoms with van der Waals surface area (Å²) in [6.45, 7) is -2.83. The highest BCUT2D eigenvalue weighted by Gasteiger charge is 2.07. The number of halogens is 2. The predicted molar refractivity (Wildman–Crippen MR) is 80.9 cm³/mol. The second kappa shape index (κ2) is 6.23. The molecule has 1 N–H and O–H groups in total. The van der Waals surface area contributed by atoms with Crippen LogP contribution in [-0.4, -0.2) is 29.1 Å². The quantitative estimate of drug-likeness (QED) is 0.578. The lowest BCUT2D eigenvalue weighted by Gasteiger charge is -2.08. The van der Waals surface area contributed by atoms with E-state index in [1.807, 2.05) is 0 Å². The molecule has 3 aromatic rings. The van der Waals surface area contributed by atoms with Gasteiger partial charge in [0.25, 0.3) is 0 Å². The Kier molecular flexibility index (Phi) is 4.14. The number of nitrogens with zero attached hydrogens (tertiary/aromatic N) is 3. The van der Waals surface area contributed by atoms with Gasteiger partial charge in [-0.05, 0) is 53.9 Å². The fraction of sp³-hybridized carbons (Fsp3) is 0.0769. The number of fused-ring (bicyclic) bond motifs is 1. The zero-order valence-corrected chi connectivity index (χ0v) is 11.9. The van der Waals surface area contributed by atoms with Gasteiger partial charge >= 0.3 is 6.61 Å². The van der Waals surface area contributed by atoms with Gasteiger partial charge in [0, 0.05) is 4.90 Å². The molecule has 0 saturated carbocycles. The predicted octanol–water partition coefficient (Wildman–Crippen LogP) is 2.24. The van der Waals surface area contributed by atoms with E-state index in [2.05, 4.69) is 19.5 Å². The number of hydrogen-bond donors (Lipinski definition) is 1. The highest BCUT2D eigenvalue weighted by molar-refractivity contribution is 8.00. The van der Waals surface area contributed by atoms with E-state index in [9.17, 15) is 8.78 Å². The molecule has 2 radical (unpaired) electrons. The first-order valence-electron chi connectivity index (χ1n) is 6.19. The van der Waals surface area contributed by atoms with Gasteiger partial charge in [-0.25, -0.2) is 9.50 Å². The molecule has 0 bridgehead atoms. The summed E-state index contributed by atoms with van der Waals surface area (Å²) in [6.07, 6.45) is 1.39. The fourth-order valence-electron chi connectivity index (χ4n) is 1.83. The summed E-state index contributed by atoms with van der Waals surface area (Å²) < 4.78 is 33.1. The van der Waals surface area contributed by atoms with Crippen molar-refractivity contribution in [1.82, 2.24) is 14.6 Å². The molecule has 0 aliphatic rings. The monoisotopic (exact) mass is 318 g/mol. The molecule has 2 heterocycles. The van der Waals surface area contributed by atoms with E-state index in [1.54, 1.807) is 28.8 Å². The van der Waals surface area contributed by atoms with E-state index in [0.717, 1.165) is 10.4 Å². The van der Waals surface area contributed by atoms with E-state index in [4.69, 9.17) is 7.85 Å².